The number of nitrogens with one attached hydrogen (secondary N) is 2. The smallest absolute Gasteiger partial charge is 0.254 e. The Morgan fingerprint density at radius 2 is 2.00 bits per heavy atom. The van der Waals surface area contributed by atoms with E-state index >= 15 is 0 Å². The quantitative estimate of drug-likeness (QED) is 0.391. The van der Waals surface area contributed by atoms with Crippen molar-refractivity contribution in [2.45, 2.75) is 38.4 Å². The highest BCUT2D eigenvalue weighted by Crippen LogP contribution is 2.34. The number of amides is 1. The lowest BCUT2D eigenvalue weighted by Crippen LogP contribution is -2.53. The molecule has 0 spiro atoms. The van der Waals surface area contributed by atoms with E-state index in [-0.39, 0.29) is 14.8 Å². The number of fused-ring (bicyclic) bond motifs is 1. The zero-order valence-electron chi connectivity index (χ0n) is 19.5. The Morgan fingerprint density at radius 3 is 2.76 bits per heavy atom. The maximum Gasteiger partial charge on any atom is 0.254 e. The van der Waals surface area contributed by atoms with Gasteiger partial charge in [0.15, 0.2) is 0 Å². The molecular formula is C27H33N5O2. The molecule has 2 N–H and O–H groups in total. The summed E-state index contributed by atoms with van der Waals surface area (Å²) in [4.78, 5) is 20.2. The van der Waals surface area contributed by atoms with Gasteiger partial charge in [0.2, 0.25) is 0 Å². The third kappa shape index (κ3) is 4.26. The highest BCUT2D eigenvalue weighted by molar-refractivity contribution is 5.96. The van der Waals surface area contributed by atoms with Crippen LogP contribution in [0.2, 0.25) is 0 Å². The first-order chi connectivity index (χ1) is 16.7. The summed E-state index contributed by atoms with van der Waals surface area (Å²) in [5, 5.41) is 11.5. The van der Waals surface area contributed by atoms with Gasteiger partial charge in [-0.05, 0) is 50.6 Å². The van der Waals surface area contributed by atoms with E-state index in [9.17, 15) is 4.79 Å². The van der Waals surface area contributed by atoms with Crippen molar-refractivity contribution in [3.05, 3.63) is 78.2 Å². The zero-order chi connectivity index (χ0) is 23.5. The predicted molar refractivity (Wildman–Crippen MR) is 137 cm³/mol. The molecule has 1 aliphatic rings. The molecule has 0 aliphatic heterocycles. The van der Waals surface area contributed by atoms with Crippen LogP contribution < -0.4 is 10.1 Å². The van der Waals surface area contributed by atoms with Crippen LogP contribution in [-0.2, 0) is 6.54 Å². The number of hydrogen-bond acceptors (Lipinski definition) is 5. The van der Waals surface area contributed by atoms with Crippen molar-refractivity contribution in [2.24, 2.45) is 0 Å². The van der Waals surface area contributed by atoms with Gasteiger partial charge in [-0.15, -0.1) is 0 Å². The van der Waals surface area contributed by atoms with E-state index in [1.54, 1.807) is 12.4 Å². The Kier molecular flexibility index (Phi) is 6.27. The summed E-state index contributed by atoms with van der Waals surface area (Å²) in [6.45, 7) is 2.96. The Morgan fingerprint density at radius 1 is 1.18 bits per heavy atom. The van der Waals surface area contributed by atoms with Crippen molar-refractivity contribution >= 4 is 16.8 Å². The number of carbonyl (C=O) groups excluding carboxylic acids is 1. The topological polar surface area (TPSA) is 83.1 Å². The molecule has 1 fully saturated rings. The fourth-order valence-electron chi connectivity index (χ4n) is 4.62. The van der Waals surface area contributed by atoms with Crippen LogP contribution in [0.25, 0.3) is 22.0 Å². The molecule has 7 heteroatoms. The number of nitrogens with zero attached hydrogens (tertiary/aromatic N) is 3. The van der Waals surface area contributed by atoms with Crippen LogP contribution in [-0.4, -0.2) is 51.7 Å². The molecule has 34 heavy (non-hydrogen) atoms. The summed E-state index contributed by atoms with van der Waals surface area (Å²) in [5.74, 6) is 0.718. The van der Waals surface area contributed by atoms with Gasteiger partial charge in [-0.25, -0.2) is 0 Å². The predicted octanol–water partition coefficient (Wildman–Crippen LogP) is 4.91. The lowest BCUT2D eigenvalue weighted by atomic mass is 9.85. The van der Waals surface area contributed by atoms with Crippen molar-refractivity contribution in [2.75, 3.05) is 13.7 Å². The van der Waals surface area contributed by atoms with Crippen molar-refractivity contribution < 1.29 is 12.4 Å². The van der Waals surface area contributed by atoms with E-state index in [4.69, 9.17) is 4.74 Å². The van der Waals surface area contributed by atoms with Crippen molar-refractivity contribution in [3.63, 3.8) is 0 Å². The van der Waals surface area contributed by atoms with E-state index in [1.807, 2.05) is 61.5 Å². The third-order valence-corrected chi connectivity index (χ3v) is 6.61. The van der Waals surface area contributed by atoms with E-state index in [0.717, 1.165) is 46.2 Å². The Hall–Kier alpha value is -3.71. The van der Waals surface area contributed by atoms with E-state index in [1.165, 1.54) is 0 Å². The maximum absolute atomic E-state index is 13.9. The van der Waals surface area contributed by atoms with Crippen LogP contribution in [0.15, 0.2) is 67.1 Å². The first-order valence-corrected chi connectivity index (χ1v) is 11.7. The first kappa shape index (κ1) is 22.1. The fraction of sp³-hybridized carbons (Fsp3) is 0.296. The van der Waals surface area contributed by atoms with Crippen LogP contribution in [0.5, 0.6) is 5.75 Å². The third-order valence-electron chi connectivity index (χ3n) is 6.61. The molecule has 1 amide bonds. The lowest BCUT2D eigenvalue weighted by molar-refractivity contribution is 0.0498. The Labute approximate surface area is 202 Å². The molecule has 4 aromatic rings. The normalized spacial score (nSPS) is 17.4. The van der Waals surface area contributed by atoms with Crippen LogP contribution in [0.3, 0.4) is 0 Å². The molecule has 1 saturated carbocycles. The molecule has 2 aromatic heterocycles. The zero-order valence-corrected chi connectivity index (χ0v) is 19.5. The average Bonchev–Trinajstić information content (AvgIpc) is 3.33. The van der Waals surface area contributed by atoms with Crippen molar-refractivity contribution in [1.29, 1.82) is 0 Å². The summed E-state index contributed by atoms with van der Waals surface area (Å²) in [7, 11) is 1.97. The number of benzene rings is 2. The molecule has 0 radical (unpaired) electrons. The van der Waals surface area contributed by atoms with E-state index < -0.39 is 0 Å². The van der Waals surface area contributed by atoms with Crippen molar-refractivity contribution in [1.82, 2.24) is 25.4 Å². The highest BCUT2D eigenvalue weighted by Gasteiger charge is 2.36. The number of rotatable bonds is 8. The molecule has 2 heterocycles. The number of ether oxygens (including phenoxy) is 1. The largest absolute Gasteiger partial charge is 0.493 e. The second-order valence-electron chi connectivity index (χ2n) is 8.69. The highest BCUT2D eigenvalue weighted by atomic mass is 16.5. The number of hydrogen-bond donors (Lipinski definition) is 2. The van der Waals surface area contributed by atoms with Gasteiger partial charge in [-0.3, -0.25) is 14.9 Å². The number of carbonyl (C=O) groups is 1. The van der Waals surface area contributed by atoms with Gasteiger partial charge < -0.3 is 15.0 Å². The molecule has 7 nitrogen and oxygen atoms in total. The minimum atomic E-state index is -0.00311. The average molecular weight is 460 g/mol. The number of aromatic amines is 1. The van der Waals surface area contributed by atoms with Gasteiger partial charge in [0.1, 0.15) is 5.75 Å². The second kappa shape index (κ2) is 9.65. The van der Waals surface area contributed by atoms with Crippen LogP contribution in [0, 0.1) is 0 Å². The van der Waals surface area contributed by atoms with E-state index in [0.29, 0.717) is 24.8 Å². The summed E-state index contributed by atoms with van der Waals surface area (Å²) < 4.78 is 5.96. The van der Waals surface area contributed by atoms with Gasteiger partial charge in [0, 0.05) is 56.0 Å². The first-order valence-electron chi connectivity index (χ1n) is 11.7. The summed E-state index contributed by atoms with van der Waals surface area (Å²) in [5.41, 5.74) is 4.56. The standard InChI is InChI=1S/C27H29N5O2.2H2/c1-3-34-25-11-19(9-10-24(25)18-7-5-4-6-8-18)27(33)32(23-12-22(13-23)28-2)17-21-15-29-14-20-16-30-31-26(20)21;;/h4-11,14-16,22-23,28H,3,12-13,17H2,1-2H3,(H,30,31);2*1H. The minimum absolute atomic E-state index is 0. The van der Waals surface area contributed by atoms with Gasteiger partial charge in [0.25, 0.3) is 5.91 Å². The molecule has 178 valence electrons. The maximum atomic E-state index is 13.9. The fourth-order valence-corrected chi connectivity index (χ4v) is 4.62. The number of H-pyrrole nitrogens is 1. The van der Waals surface area contributed by atoms with Gasteiger partial charge in [0.05, 0.1) is 18.3 Å². The monoisotopic (exact) mass is 459 g/mol. The van der Waals surface area contributed by atoms with Gasteiger partial charge >= 0.3 is 0 Å². The second-order valence-corrected chi connectivity index (χ2v) is 8.69. The molecular weight excluding hydrogens is 426 g/mol. The van der Waals surface area contributed by atoms with Crippen LogP contribution >= 0.6 is 0 Å². The SMILES string of the molecule is CCOc1cc(C(=O)N(Cc2cncc3cn[nH]c23)C2CC(NC)C2)ccc1-c1ccccc1.[HH].[HH]. The van der Waals surface area contributed by atoms with Gasteiger partial charge in [-0.1, -0.05) is 30.3 Å². The van der Waals surface area contributed by atoms with Crippen molar-refractivity contribution in [3.8, 4) is 16.9 Å². The molecule has 0 atom stereocenters. The van der Waals surface area contributed by atoms with Crippen LogP contribution in [0.4, 0.5) is 0 Å². The summed E-state index contributed by atoms with van der Waals surface area (Å²) in [6.07, 6.45) is 7.21. The molecule has 2 aromatic carbocycles. The van der Waals surface area contributed by atoms with Gasteiger partial charge in [-0.2, -0.15) is 5.10 Å². The molecule has 0 unspecified atom stereocenters. The Bertz CT molecular complexity index is 1290. The Balaban J connectivity index is 0.00000180. The molecule has 0 saturated heterocycles. The van der Waals surface area contributed by atoms with E-state index in [2.05, 4.69) is 32.6 Å². The lowest BCUT2D eigenvalue weighted by Gasteiger charge is -2.43. The molecule has 1 aliphatic carbocycles. The minimum Gasteiger partial charge on any atom is -0.493 e. The molecule has 0 bridgehead atoms. The summed E-state index contributed by atoms with van der Waals surface area (Å²) in [6, 6.07) is 16.5. The summed E-state index contributed by atoms with van der Waals surface area (Å²) >= 11 is 0. The van der Waals surface area contributed by atoms with Crippen LogP contribution in [0.1, 0.15) is 38.5 Å². The molecule has 5 rings (SSSR count). The number of aromatic nitrogens is 3. The number of pyridine rings is 1.